The lowest BCUT2D eigenvalue weighted by Crippen LogP contribution is -2.34. The van der Waals surface area contributed by atoms with Crippen molar-refractivity contribution in [2.24, 2.45) is 0 Å². The number of alkyl halides is 2. The van der Waals surface area contributed by atoms with Gasteiger partial charge in [-0.05, 0) is 17.5 Å². The van der Waals surface area contributed by atoms with Gasteiger partial charge in [-0.2, -0.15) is 8.78 Å². The van der Waals surface area contributed by atoms with Crippen LogP contribution in [-0.2, 0) is 19.6 Å². The van der Waals surface area contributed by atoms with Gasteiger partial charge in [0, 0.05) is 5.39 Å². The lowest BCUT2D eigenvalue weighted by atomic mass is 10.0. The van der Waals surface area contributed by atoms with Crippen molar-refractivity contribution in [1.82, 2.24) is 0 Å². The SMILES string of the molecule is O=C(OCC(F)(F)S(=O)(=O)[O-])c1ccc(OCC2CO2)c2ccccc12. The molecular weight excluding hydrogens is 374 g/mol. The van der Waals surface area contributed by atoms with Crippen LogP contribution in [-0.4, -0.2) is 50.1 Å². The zero-order valence-electron chi connectivity index (χ0n) is 13.2. The van der Waals surface area contributed by atoms with Gasteiger partial charge in [0.1, 0.15) is 18.5 Å². The van der Waals surface area contributed by atoms with Gasteiger partial charge in [0.15, 0.2) is 16.7 Å². The van der Waals surface area contributed by atoms with E-state index in [2.05, 4.69) is 4.74 Å². The summed E-state index contributed by atoms with van der Waals surface area (Å²) in [6.07, 6.45) is 0.0228. The van der Waals surface area contributed by atoms with Crippen LogP contribution >= 0.6 is 0 Å². The monoisotopic (exact) mass is 387 g/mol. The topological polar surface area (TPSA) is 105 Å². The summed E-state index contributed by atoms with van der Waals surface area (Å²) in [6.45, 7) is -0.913. The molecule has 0 aliphatic carbocycles. The predicted octanol–water partition coefficient (Wildman–Crippen LogP) is 1.91. The van der Waals surface area contributed by atoms with Gasteiger partial charge < -0.3 is 18.8 Å². The highest BCUT2D eigenvalue weighted by molar-refractivity contribution is 7.86. The number of carbonyl (C=O) groups excluding carboxylic acids is 1. The van der Waals surface area contributed by atoms with Crippen molar-refractivity contribution >= 4 is 26.9 Å². The number of halogens is 2. The first kappa shape index (κ1) is 18.5. The van der Waals surface area contributed by atoms with Crippen molar-refractivity contribution in [2.45, 2.75) is 11.4 Å². The first-order valence-corrected chi connectivity index (χ1v) is 8.86. The largest absolute Gasteiger partial charge is 0.743 e. The highest BCUT2D eigenvalue weighted by Crippen LogP contribution is 2.30. The molecule has 0 amide bonds. The number of epoxide rings is 1. The molecule has 2 aromatic rings. The highest BCUT2D eigenvalue weighted by Gasteiger charge is 2.39. The molecule has 1 aliphatic heterocycles. The maximum absolute atomic E-state index is 13.2. The number of fused-ring (bicyclic) bond motifs is 1. The van der Waals surface area contributed by atoms with Crippen molar-refractivity contribution in [3.63, 3.8) is 0 Å². The number of benzene rings is 2. The van der Waals surface area contributed by atoms with Crippen LogP contribution in [0.1, 0.15) is 10.4 Å². The molecule has 1 saturated heterocycles. The number of esters is 1. The molecule has 140 valence electrons. The lowest BCUT2D eigenvalue weighted by molar-refractivity contribution is -0.00984. The van der Waals surface area contributed by atoms with Gasteiger partial charge >= 0.3 is 11.2 Å². The van der Waals surface area contributed by atoms with Crippen molar-refractivity contribution in [3.05, 3.63) is 42.0 Å². The van der Waals surface area contributed by atoms with Gasteiger partial charge in [-0.15, -0.1) is 0 Å². The molecule has 1 aliphatic rings. The summed E-state index contributed by atoms with van der Waals surface area (Å²) >= 11 is 0. The number of hydrogen-bond donors (Lipinski definition) is 0. The van der Waals surface area contributed by atoms with Crippen LogP contribution in [0.5, 0.6) is 5.75 Å². The van der Waals surface area contributed by atoms with E-state index in [0.717, 1.165) is 0 Å². The Hall–Kier alpha value is -2.30. The third-order valence-electron chi connectivity index (χ3n) is 3.67. The minimum atomic E-state index is -5.93. The van der Waals surface area contributed by atoms with E-state index in [1.807, 2.05) is 0 Å². The fourth-order valence-corrected chi connectivity index (χ4v) is 2.43. The van der Waals surface area contributed by atoms with Crippen LogP contribution in [0, 0.1) is 0 Å². The number of ether oxygens (including phenoxy) is 3. The lowest BCUT2D eigenvalue weighted by Gasteiger charge is -2.19. The molecular formula is C16H13F2O7S-. The Balaban J connectivity index is 1.83. The molecule has 26 heavy (non-hydrogen) atoms. The Morgan fingerprint density at radius 3 is 2.50 bits per heavy atom. The minimum absolute atomic E-state index is 0.0228. The molecule has 1 atom stereocenters. The number of hydrogen-bond acceptors (Lipinski definition) is 7. The summed E-state index contributed by atoms with van der Waals surface area (Å²) in [4.78, 5) is 12.1. The Morgan fingerprint density at radius 2 is 1.88 bits per heavy atom. The molecule has 0 saturated carbocycles. The van der Waals surface area contributed by atoms with E-state index in [9.17, 15) is 26.5 Å². The molecule has 0 aromatic heterocycles. The maximum atomic E-state index is 13.2. The first-order chi connectivity index (χ1) is 12.2. The summed E-state index contributed by atoms with van der Waals surface area (Å²) in [7, 11) is -5.93. The van der Waals surface area contributed by atoms with Gasteiger partial charge in [-0.1, -0.05) is 24.3 Å². The average molecular weight is 387 g/mol. The van der Waals surface area contributed by atoms with E-state index in [-0.39, 0.29) is 11.7 Å². The number of carbonyl (C=O) groups is 1. The molecule has 1 unspecified atom stereocenters. The third-order valence-corrected chi connectivity index (χ3v) is 4.52. The van der Waals surface area contributed by atoms with Gasteiger partial charge in [0.2, 0.25) is 0 Å². The molecule has 0 radical (unpaired) electrons. The molecule has 2 aromatic carbocycles. The third kappa shape index (κ3) is 3.92. The van der Waals surface area contributed by atoms with Crippen LogP contribution in [0.4, 0.5) is 8.78 Å². The Kier molecular flexibility index (Phi) is 4.82. The minimum Gasteiger partial charge on any atom is -0.743 e. The van der Waals surface area contributed by atoms with Crippen LogP contribution in [0.3, 0.4) is 0 Å². The van der Waals surface area contributed by atoms with Crippen molar-refractivity contribution in [2.75, 3.05) is 19.8 Å². The average Bonchev–Trinajstić information content (AvgIpc) is 3.41. The van der Waals surface area contributed by atoms with E-state index in [4.69, 9.17) is 9.47 Å². The fraction of sp³-hybridized carbons (Fsp3) is 0.312. The molecule has 0 N–H and O–H groups in total. The van der Waals surface area contributed by atoms with Crippen molar-refractivity contribution in [1.29, 1.82) is 0 Å². The van der Waals surface area contributed by atoms with E-state index < -0.39 is 27.9 Å². The van der Waals surface area contributed by atoms with Gasteiger partial charge in [0.05, 0.1) is 12.2 Å². The second kappa shape index (κ2) is 6.78. The van der Waals surface area contributed by atoms with E-state index in [0.29, 0.717) is 29.7 Å². The van der Waals surface area contributed by atoms with Crippen molar-refractivity contribution in [3.8, 4) is 5.75 Å². The van der Waals surface area contributed by atoms with E-state index in [1.165, 1.54) is 12.1 Å². The Morgan fingerprint density at radius 1 is 1.23 bits per heavy atom. The first-order valence-electron chi connectivity index (χ1n) is 7.45. The molecule has 10 heteroatoms. The maximum Gasteiger partial charge on any atom is 0.367 e. The fourth-order valence-electron chi connectivity index (χ4n) is 2.22. The summed E-state index contributed by atoms with van der Waals surface area (Å²) in [6, 6.07) is 9.36. The second-order valence-electron chi connectivity index (χ2n) is 5.59. The van der Waals surface area contributed by atoms with Crippen LogP contribution in [0.2, 0.25) is 0 Å². The highest BCUT2D eigenvalue weighted by atomic mass is 32.2. The summed E-state index contributed by atoms with van der Waals surface area (Å²) < 4.78 is 72.7. The van der Waals surface area contributed by atoms with Crippen LogP contribution in [0.25, 0.3) is 10.8 Å². The zero-order chi connectivity index (χ0) is 18.9. The van der Waals surface area contributed by atoms with Crippen molar-refractivity contribution < 1.29 is 40.8 Å². The zero-order valence-corrected chi connectivity index (χ0v) is 14.0. The van der Waals surface area contributed by atoms with Gasteiger partial charge in [0.25, 0.3) is 0 Å². The molecule has 1 fully saturated rings. The molecule has 3 rings (SSSR count). The van der Waals surface area contributed by atoms with E-state index >= 15 is 0 Å². The summed E-state index contributed by atoms with van der Waals surface area (Å²) in [5.74, 6) is -0.707. The Labute approximate surface area is 147 Å². The Bertz CT molecular complexity index is 939. The summed E-state index contributed by atoms with van der Waals surface area (Å²) in [5.41, 5.74) is -0.0604. The van der Waals surface area contributed by atoms with Crippen LogP contribution < -0.4 is 4.74 Å². The van der Waals surface area contributed by atoms with Gasteiger partial charge in [-0.3, -0.25) is 0 Å². The molecule has 0 spiro atoms. The number of rotatable bonds is 7. The smallest absolute Gasteiger partial charge is 0.367 e. The quantitative estimate of drug-likeness (QED) is 0.406. The normalized spacial score (nSPS) is 17.1. The van der Waals surface area contributed by atoms with Crippen LogP contribution in [0.15, 0.2) is 36.4 Å². The van der Waals surface area contributed by atoms with E-state index in [1.54, 1.807) is 24.3 Å². The predicted molar refractivity (Wildman–Crippen MR) is 84.1 cm³/mol. The second-order valence-corrected chi connectivity index (χ2v) is 7.10. The standard InChI is InChI=1S/C16H14F2O7S/c17-16(18,26(20,21)22)9-25-15(19)13-5-6-14(24-8-10-7-23-10)12-4-2-1-3-11(12)13/h1-6,10H,7-9H2,(H,20,21,22)/p-1. The van der Waals surface area contributed by atoms with Gasteiger partial charge in [-0.25, -0.2) is 13.2 Å². The molecule has 1 heterocycles. The molecule has 0 bridgehead atoms. The summed E-state index contributed by atoms with van der Waals surface area (Å²) in [5, 5.41) is -3.78. The molecule has 7 nitrogen and oxygen atoms in total.